The number of Topliss-reactive ketones (excluding diaryl/α,β-unsaturated/α-hetero) is 1. The average molecular weight is 219 g/mol. The molecule has 1 N–H and O–H groups in total. The van der Waals surface area contributed by atoms with Gasteiger partial charge in [-0.05, 0) is 24.3 Å². The molecule has 2 rings (SSSR count). The van der Waals surface area contributed by atoms with Gasteiger partial charge in [0.05, 0.1) is 5.52 Å². The Bertz CT molecular complexity index is 570. The van der Waals surface area contributed by atoms with Gasteiger partial charge in [-0.2, -0.15) is 4.73 Å². The van der Waals surface area contributed by atoms with Crippen molar-refractivity contribution in [1.29, 1.82) is 0 Å². The number of benzene rings is 1. The zero-order valence-electron chi connectivity index (χ0n) is 8.51. The van der Waals surface area contributed by atoms with Crippen LogP contribution in [0.2, 0.25) is 0 Å². The van der Waals surface area contributed by atoms with Crippen LogP contribution in [0.25, 0.3) is 10.9 Å². The molecule has 1 heterocycles. The summed E-state index contributed by atoms with van der Waals surface area (Å²) in [4.78, 5) is 26.6. The maximum atomic E-state index is 11.1. The van der Waals surface area contributed by atoms with Crippen LogP contribution in [0.15, 0.2) is 30.5 Å². The van der Waals surface area contributed by atoms with Crippen LogP contribution >= 0.6 is 0 Å². The Morgan fingerprint density at radius 3 is 2.75 bits per heavy atom. The van der Waals surface area contributed by atoms with E-state index in [2.05, 4.69) is 0 Å². The van der Waals surface area contributed by atoms with Gasteiger partial charge in [-0.3, -0.25) is 4.79 Å². The van der Waals surface area contributed by atoms with Gasteiger partial charge in [0.15, 0.2) is 0 Å². The van der Waals surface area contributed by atoms with Crippen molar-refractivity contribution in [1.82, 2.24) is 4.73 Å². The van der Waals surface area contributed by atoms with Crippen LogP contribution in [-0.2, 0) is 9.59 Å². The van der Waals surface area contributed by atoms with Gasteiger partial charge in [0.1, 0.15) is 5.75 Å². The van der Waals surface area contributed by atoms with Crippen molar-refractivity contribution in [2.24, 2.45) is 0 Å². The highest BCUT2D eigenvalue weighted by molar-refractivity contribution is 6.32. The minimum Gasteiger partial charge on any atom is -0.508 e. The molecule has 0 bridgehead atoms. The first kappa shape index (κ1) is 10.2. The summed E-state index contributed by atoms with van der Waals surface area (Å²) in [6.45, 7) is 1.14. The molecule has 0 unspecified atom stereocenters. The second-order valence-corrected chi connectivity index (χ2v) is 3.32. The van der Waals surface area contributed by atoms with E-state index in [1.165, 1.54) is 23.1 Å². The van der Waals surface area contributed by atoms with E-state index in [0.717, 1.165) is 12.3 Å². The van der Waals surface area contributed by atoms with Crippen molar-refractivity contribution in [3.63, 3.8) is 0 Å². The Kier molecular flexibility index (Phi) is 2.36. The second-order valence-electron chi connectivity index (χ2n) is 3.32. The second kappa shape index (κ2) is 3.69. The van der Waals surface area contributed by atoms with Gasteiger partial charge in [0.2, 0.25) is 5.78 Å². The minimum absolute atomic E-state index is 0.128. The van der Waals surface area contributed by atoms with Gasteiger partial charge in [0.25, 0.3) is 0 Å². The predicted octanol–water partition coefficient (Wildman–Crippen LogP) is 0.891. The number of fused-ring (bicyclic) bond motifs is 1. The van der Waals surface area contributed by atoms with Crippen molar-refractivity contribution in [2.45, 2.75) is 6.92 Å². The van der Waals surface area contributed by atoms with Gasteiger partial charge in [-0.15, -0.1) is 0 Å². The lowest BCUT2D eigenvalue weighted by Crippen LogP contribution is -2.24. The third-order valence-corrected chi connectivity index (χ3v) is 2.11. The van der Waals surface area contributed by atoms with Crippen LogP contribution in [0, 0.1) is 0 Å². The Morgan fingerprint density at radius 2 is 2.06 bits per heavy atom. The average Bonchev–Trinajstić information content (AvgIpc) is 2.60. The largest absolute Gasteiger partial charge is 0.508 e. The number of phenolic OH excluding ortho intramolecular Hbond substituents is 1. The van der Waals surface area contributed by atoms with Crippen molar-refractivity contribution < 1.29 is 19.5 Å². The monoisotopic (exact) mass is 219 g/mol. The van der Waals surface area contributed by atoms with E-state index < -0.39 is 11.8 Å². The number of hydrogen-bond donors (Lipinski definition) is 1. The number of carbonyl (C=O) groups is 2. The number of rotatable bonds is 2. The first-order valence-corrected chi connectivity index (χ1v) is 4.61. The summed E-state index contributed by atoms with van der Waals surface area (Å²) in [6.07, 6.45) is 1.50. The summed E-state index contributed by atoms with van der Waals surface area (Å²) >= 11 is 0. The van der Waals surface area contributed by atoms with E-state index in [4.69, 9.17) is 4.84 Å². The molecule has 0 saturated carbocycles. The first-order valence-electron chi connectivity index (χ1n) is 4.61. The molecule has 0 atom stereocenters. The molecule has 0 amide bonds. The van der Waals surface area contributed by atoms with E-state index in [1.54, 1.807) is 12.1 Å². The lowest BCUT2D eigenvalue weighted by atomic mass is 10.2. The molecule has 0 fully saturated rings. The highest BCUT2D eigenvalue weighted by atomic mass is 16.7. The molecule has 0 aliphatic heterocycles. The summed E-state index contributed by atoms with van der Waals surface area (Å²) < 4.78 is 1.19. The predicted molar refractivity (Wildman–Crippen MR) is 55.9 cm³/mol. The van der Waals surface area contributed by atoms with Gasteiger partial charge in [-0.25, -0.2) is 4.79 Å². The topological polar surface area (TPSA) is 68.5 Å². The number of nitrogens with zero attached hydrogens (tertiary/aromatic N) is 1. The molecule has 0 radical (unpaired) electrons. The number of aromatic nitrogens is 1. The van der Waals surface area contributed by atoms with Crippen molar-refractivity contribution in [3.05, 3.63) is 30.5 Å². The fraction of sp³-hybridized carbons (Fsp3) is 0.0909. The minimum atomic E-state index is -0.925. The molecule has 2 aromatic rings. The van der Waals surface area contributed by atoms with E-state index in [9.17, 15) is 14.7 Å². The summed E-state index contributed by atoms with van der Waals surface area (Å²) in [5, 5.41) is 9.96. The zero-order valence-corrected chi connectivity index (χ0v) is 8.51. The molecule has 0 spiro atoms. The normalized spacial score (nSPS) is 10.3. The number of ketones is 1. The fourth-order valence-corrected chi connectivity index (χ4v) is 1.34. The Labute approximate surface area is 90.8 Å². The van der Waals surface area contributed by atoms with Gasteiger partial charge in [-0.1, -0.05) is 0 Å². The Balaban J connectivity index is 2.39. The Hall–Kier alpha value is -2.30. The molecular formula is C11H9NO4. The number of hydrogen-bond acceptors (Lipinski definition) is 4. The molecule has 1 aromatic carbocycles. The van der Waals surface area contributed by atoms with Gasteiger partial charge >= 0.3 is 5.97 Å². The molecule has 16 heavy (non-hydrogen) atoms. The summed E-state index contributed by atoms with van der Waals surface area (Å²) in [6, 6.07) is 6.27. The van der Waals surface area contributed by atoms with Crippen molar-refractivity contribution in [2.75, 3.05) is 0 Å². The fourth-order valence-electron chi connectivity index (χ4n) is 1.34. The maximum absolute atomic E-state index is 11.1. The van der Waals surface area contributed by atoms with Crippen molar-refractivity contribution in [3.8, 4) is 5.75 Å². The molecular weight excluding hydrogens is 210 g/mol. The van der Waals surface area contributed by atoms with Crippen LogP contribution in [-0.4, -0.2) is 21.6 Å². The highest BCUT2D eigenvalue weighted by Crippen LogP contribution is 2.20. The van der Waals surface area contributed by atoms with Crippen LogP contribution in [0.5, 0.6) is 5.75 Å². The summed E-state index contributed by atoms with van der Waals surface area (Å²) in [5.74, 6) is -1.46. The molecule has 0 aliphatic carbocycles. The SMILES string of the molecule is CC(=O)C(=O)On1ccc2cc(O)ccc21. The molecule has 5 heteroatoms. The first-order chi connectivity index (χ1) is 7.58. The van der Waals surface area contributed by atoms with Crippen LogP contribution in [0.4, 0.5) is 0 Å². The lowest BCUT2D eigenvalue weighted by molar-refractivity contribution is -0.152. The third-order valence-electron chi connectivity index (χ3n) is 2.11. The third kappa shape index (κ3) is 1.75. The number of phenols is 1. The molecule has 0 saturated heterocycles. The number of carbonyl (C=O) groups excluding carboxylic acids is 2. The Morgan fingerprint density at radius 1 is 1.31 bits per heavy atom. The lowest BCUT2D eigenvalue weighted by Gasteiger charge is -2.03. The van der Waals surface area contributed by atoms with E-state index >= 15 is 0 Å². The van der Waals surface area contributed by atoms with Crippen LogP contribution in [0.1, 0.15) is 6.92 Å². The maximum Gasteiger partial charge on any atom is 0.398 e. The molecule has 1 aromatic heterocycles. The molecule has 5 nitrogen and oxygen atoms in total. The van der Waals surface area contributed by atoms with Crippen LogP contribution < -0.4 is 4.84 Å². The van der Waals surface area contributed by atoms with Gasteiger partial charge in [0, 0.05) is 18.5 Å². The summed E-state index contributed by atoms with van der Waals surface area (Å²) in [5.41, 5.74) is 0.604. The van der Waals surface area contributed by atoms with Crippen LogP contribution in [0.3, 0.4) is 0 Å². The van der Waals surface area contributed by atoms with Crippen molar-refractivity contribution >= 4 is 22.7 Å². The van der Waals surface area contributed by atoms with Gasteiger partial charge < -0.3 is 9.94 Å². The standard InChI is InChI=1S/C11H9NO4/c1-7(13)11(15)16-12-5-4-8-6-9(14)2-3-10(8)12/h2-6,14H,1H3. The molecule has 0 aliphatic rings. The number of aromatic hydroxyl groups is 1. The van der Waals surface area contributed by atoms with E-state index in [0.29, 0.717) is 5.52 Å². The highest BCUT2D eigenvalue weighted by Gasteiger charge is 2.12. The molecule has 82 valence electrons. The quantitative estimate of drug-likeness (QED) is 0.761. The zero-order chi connectivity index (χ0) is 11.7. The van der Waals surface area contributed by atoms with E-state index in [1.807, 2.05) is 0 Å². The van der Waals surface area contributed by atoms with E-state index in [-0.39, 0.29) is 5.75 Å². The summed E-state index contributed by atoms with van der Waals surface area (Å²) in [7, 11) is 0. The smallest absolute Gasteiger partial charge is 0.398 e.